The number of benzene rings is 1. The molecule has 1 atom stereocenters. The van der Waals surface area contributed by atoms with Gasteiger partial charge in [0.15, 0.2) is 5.16 Å². The van der Waals surface area contributed by atoms with Gasteiger partial charge in [0.05, 0.1) is 5.25 Å². The molecule has 0 aliphatic heterocycles. The van der Waals surface area contributed by atoms with Crippen molar-refractivity contribution in [1.29, 1.82) is 0 Å². The summed E-state index contributed by atoms with van der Waals surface area (Å²) < 4.78 is 1.92. The third-order valence-corrected chi connectivity index (χ3v) is 5.80. The Morgan fingerprint density at radius 3 is 2.81 bits per heavy atom. The molecule has 0 unspecified atom stereocenters. The topological polar surface area (TPSA) is 103 Å². The third-order valence-electron chi connectivity index (χ3n) is 4.72. The maximum atomic E-state index is 12.6. The zero-order chi connectivity index (χ0) is 19.4. The number of thioether (sulfide) groups is 1. The van der Waals surface area contributed by atoms with Crippen LogP contribution in [-0.2, 0) is 35.4 Å². The van der Waals surface area contributed by atoms with E-state index < -0.39 is 0 Å². The lowest BCUT2D eigenvalue weighted by Crippen LogP contribution is -2.23. The van der Waals surface area contributed by atoms with Crippen molar-refractivity contribution in [2.75, 3.05) is 5.32 Å². The fourth-order valence-electron chi connectivity index (χ4n) is 3.25. The number of carbonyl (C=O) groups is 2. The number of amides is 2. The summed E-state index contributed by atoms with van der Waals surface area (Å²) in [5, 5.41) is 11.7. The van der Waals surface area contributed by atoms with Gasteiger partial charge in [0.1, 0.15) is 5.82 Å². The third kappa shape index (κ3) is 4.68. The first-order chi connectivity index (χ1) is 13.0. The highest BCUT2D eigenvalue weighted by atomic mass is 32.2. The van der Waals surface area contributed by atoms with Crippen molar-refractivity contribution in [2.24, 2.45) is 5.73 Å². The standard InChI is InChI=1S/C19H25N5O2S/c1-3-24-17(10-9-16(20)25)22-23-19(24)27-12(2)18(26)21-15-8-7-13-5-4-6-14(13)11-15/h7-8,11-12H,3-6,9-10H2,1-2H3,(H2,20,25)(H,21,26)/t12-/m0/s1. The van der Waals surface area contributed by atoms with Gasteiger partial charge in [-0.25, -0.2) is 0 Å². The van der Waals surface area contributed by atoms with Crippen LogP contribution in [0, 0.1) is 0 Å². The predicted octanol–water partition coefficient (Wildman–Crippen LogP) is 2.32. The Hall–Kier alpha value is -2.35. The summed E-state index contributed by atoms with van der Waals surface area (Å²) >= 11 is 1.36. The molecule has 0 saturated carbocycles. The quantitative estimate of drug-likeness (QED) is 0.677. The Morgan fingerprint density at radius 1 is 1.30 bits per heavy atom. The average Bonchev–Trinajstić information content (AvgIpc) is 3.25. The van der Waals surface area contributed by atoms with Gasteiger partial charge in [-0.15, -0.1) is 10.2 Å². The lowest BCUT2D eigenvalue weighted by atomic mass is 10.1. The minimum absolute atomic E-state index is 0.0673. The van der Waals surface area contributed by atoms with Crippen LogP contribution in [0.15, 0.2) is 23.4 Å². The number of anilines is 1. The Labute approximate surface area is 163 Å². The molecule has 8 heteroatoms. The molecule has 144 valence electrons. The molecular weight excluding hydrogens is 362 g/mol. The van der Waals surface area contributed by atoms with Crippen molar-refractivity contribution in [3.8, 4) is 0 Å². The first-order valence-corrected chi connectivity index (χ1v) is 10.2. The molecule has 0 spiro atoms. The van der Waals surface area contributed by atoms with E-state index in [1.165, 1.54) is 29.3 Å². The Kier molecular flexibility index (Phi) is 6.15. The molecular formula is C19H25N5O2S. The maximum absolute atomic E-state index is 12.6. The molecule has 27 heavy (non-hydrogen) atoms. The van der Waals surface area contributed by atoms with Crippen LogP contribution in [0.2, 0.25) is 0 Å². The van der Waals surface area contributed by atoms with Crippen molar-refractivity contribution in [2.45, 2.75) is 62.9 Å². The number of nitrogens with zero attached hydrogens (tertiary/aromatic N) is 3. The Balaban J connectivity index is 1.63. The van der Waals surface area contributed by atoms with Gasteiger partial charge < -0.3 is 15.6 Å². The van der Waals surface area contributed by atoms with Gasteiger partial charge in [-0.2, -0.15) is 0 Å². The molecule has 1 heterocycles. The van der Waals surface area contributed by atoms with E-state index in [9.17, 15) is 9.59 Å². The lowest BCUT2D eigenvalue weighted by molar-refractivity contribution is -0.118. The zero-order valence-electron chi connectivity index (χ0n) is 15.7. The summed E-state index contributed by atoms with van der Waals surface area (Å²) in [6.45, 7) is 4.50. The lowest BCUT2D eigenvalue weighted by Gasteiger charge is -2.13. The van der Waals surface area contributed by atoms with Crippen LogP contribution in [0.25, 0.3) is 0 Å². The molecule has 2 amide bonds. The zero-order valence-corrected chi connectivity index (χ0v) is 16.5. The van der Waals surface area contributed by atoms with Gasteiger partial charge in [-0.05, 0) is 56.4 Å². The molecule has 0 bridgehead atoms. The molecule has 3 rings (SSSR count). The minimum Gasteiger partial charge on any atom is -0.370 e. The number of primary amides is 1. The monoisotopic (exact) mass is 387 g/mol. The summed E-state index contributed by atoms with van der Waals surface area (Å²) in [7, 11) is 0. The number of nitrogens with one attached hydrogen (secondary N) is 1. The van der Waals surface area contributed by atoms with Crippen LogP contribution in [0.5, 0.6) is 0 Å². The van der Waals surface area contributed by atoms with Gasteiger partial charge in [0.25, 0.3) is 0 Å². The molecule has 1 aliphatic carbocycles. The van der Waals surface area contributed by atoms with E-state index in [1.54, 1.807) is 0 Å². The second-order valence-electron chi connectivity index (χ2n) is 6.70. The van der Waals surface area contributed by atoms with E-state index in [0.717, 1.165) is 18.5 Å². The molecule has 7 nitrogen and oxygen atoms in total. The van der Waals surface area contributed by atoms with Gasteiger partial charge in [-0.1, -0.05) is 17.8 Å². The summed E-state index contributed by atoms with van der Waals surface area (Å²) in [5.41, 5.74) is 8.77. The summed E-state index contributed by atoms with van der Waals surface area (Å²) in [5.74, 6) is 0.282. The van der Waals surface area contributed by atoms with E-state index in [4.69, 9.17) is 5.73 Å². The van der Waals surface area contributed by atoms with E-state index in [-0.39, 0.29) is 23.5 Å². The fourth-order valence-corrected chi connectivity index (χ4v) is 4.18. The van der Waals surface area contributed by atoms with Crippen LogP contribution in [0.3, 0.4) is 0 Å². The highest BCUT2D eigenvalue weighted by molar-refractivity contribution is 8.00. The van der Waals surface area contributed by atoms with Crippen molar-refractivity contribution >= 4 is 29.3 Å². The molecule has 0 radical (unpaired) electrons. The number of nitrogens with two attached hydrogens (primary N) is 1. The van der Waals surface area contributed by atoms with Crippen molar-refractivity contribution in [3.05, 3.63) is 35.2 Å². The van der Waals surface area contributed by atoms with Gasteiger partial charge in [0.2, 0.25) is 11.8 Å². The molecule has 1 aliphatic rings. The molecule has 3 N–H and O–H groups in total. The van der Waals surface area contributed by atoms with Gasteiger partial charge in [-0.3, -0.25) is 9.59 Å². The molecule has 1 aromatic carbocycles. The highest BCUT2D eigenvalue weighted by Crippen LogP contribution is 2.27. The minimum atomic E-state index is -0.364. The smallest absolute Gasteiger partial charge is 0.237 e. The van der Waals surface area contributed by atoms with Crippen molar-refractivity contribution in [1.82, 2.24) is 14.8 Å². The largest absolute Gasteiger partial charge is 0.370 e. The highest BCUT2D eigenvalue weighted by Gasteiger charge is 2.20. The SMILES string of the molecule is CCn1c(CCC(N)=O)nnc1S[C@@H](C)C(=O)Nc1ccc2c(c1)CCC2. The van der Waals surface area contributed by atoms with Crippen LogP contribution in [-0.4, -0.2) is 31.8 Å². The first kappa shape index (κ1) is 19.4. The predicted molar refractivity (Wildman–Crippen MR) is 106 cm³/mol. The molecule has 0 saturated heterocycles. The van der Waals surface area contributed by atoms with E-state index >= 15 is 0 Å². The molecule has 1 aromatic heterocycles. The summed E-state index contributed by atoms with van der Waals surface area (Å²) in [6, 6.07) is 6.15. The molecule has 0 fully saturated rings. The van der Waals surface area contributed by atoms with Crippen LogP contribution in [0.4, 0.5) is 5.69 Å². The van der Waals surface area contributed by atoms with Crippen molar-refractivity contribution < 1.29 is 9.59 Å². The Bertz CT molecular complexity index is 849. The average molecular weight is 388 g/mol. The Morgan fingerprint density at radius 2 is 2.07 bits per heavy atom. The summed E-state index contributed by atoms with van der Waals surface area (Å²) in [4.78, 5) is 23.6. The number of carbonyl (C=O) groups excluding carboxylic acids is 2. The van der Waals surface area contributed by atoms with Crippen LogP contribution in [0.1, 0.15) is 43.6 Å². The maximum Gasteiger partial charge on any atom is 0.237 e. The molecule has 2 aromatic rings. The number of aromatic nitrogens is 3. The number of aryl methyl sites for hydroxylation is 3. The van der Waals surface area contributed by atoms with E-state index in [0.29, 0.717) is 23.9 Å². The van der Waals surface area contributed by atoms with E-state index in [2.05, 4.69) is 27.6 Å². The first-order valence-electron chi connectivity index (χ1n) is 9.27. The number of hydrogen-bond donors (Lipinski definition) is 2. The van der Waals surface area contributed by atoms with Crippen LogP contribution < -0.4 is 11.1 Å². The number of hydrogen-bond acceptors (Lipinski definition) is 5. The van der Waals surface area contributed by atoms with E-state index in [1.807, 2.05) is 24.5 Å². The summed E-state index contributed by atoms with van der Waals surface area (Å²) in [6.07, 6.45) is 4.07. The number of rotatable bonds is 8. The second kappa shape index (κ2) is 8.56. The van der Waals surface area contributed by atoms with Gasteiger partial charge >= 0.3 is 0 Å². The van der Waals surface area contributed by atoms with Gasteiger partial charge in [0, 0.05) is 25.1 Å². The fraction of sp³-hybridized carbons (Fsp3) is 0.474. The number of fused-ring (bicyclic) bond motifs is 1. The normalized spacial score (nSPS) is 14.0. The second-order valence-corrected chi connectivity index (χ2v) is 8.00. The van der Waals surface area contributed by atoms with Crippen LogP contribution >= 0.6 is 11.8 Å². The van der Waals surface area contributed by atoms with Crippen molar-refractivity contribution in [3.63, 3.8) is 0 Å².